The van der Waals surface area contributed by atoms with Crippen LogP contribution in [0.25, 0.3) is 0 Å². The quantitative estimate of drug-likeness (QED) is 0.669. The minimum Gasteiger partial charge on any atom is -0.309 e. The average Bonchev–Trinajstić information content (AvgIpc) is 2.11. The number of rotatable bonds is 7. The van der Waals surface area contributed by atoms with E-state index in [1.54, 1.807) is 0 Å². The van der Waals surface area contributed by atoms with E-state index >= 15 is 0 Å². The molecule has 0 aromatic heterocycles. The molecule has 4 heteroatoms. The monoisotopic (exact) mass is 224 g/mol. The predicted molar refractivity (Wildman–Crippen MR) is 60.4 cm³/mol. The highest BCUT2D eigenvalue weighted by Gasteiger charge is 2.18. The van der Waals surface area contributed by atoms with Gasteiger partial charge in [-0.3, -0.25) is 0 Å². The van der Waals surface area contributed by atoms with Crippen molar-refractivity contribution in [2.24, 2.45) is 0 Å². The Kier molecular flexibility index (Phi) is 6.66. The summed E-state index contributed by atoms with van der Waals surface area (Å²) in [4.78, 5) is 4.65. The summed E-state index contributed by atoms with van der Waals surface area (Å²) in [6.45, 7) is 4.74. The molecule has 0 aliphatic heterocycles. The van der Waals surface area contributed by atoms with Gasteiger partial charge in [-0.25, -0.2) is 9.23 Å². The third-order valence-corrected chi connectivity index (χ3v) is 2.74. The minimum absolute atomic E-state index is 0.177. The van der Waals surface area contributed by atoms with E-state index in [9.17, 15) is 4.39 Å². The maximum Gasteiger partial charge on any atom is 0.101 e. The van der Waals surface area contributed by atoms with Gasteiger partial charge in [0, 0.05) is 12.1 Å². The largest absolute Gasteiger partial charge is 0.309 e. The summed E-state index contributed by atoms with van der Waals surface area (Å²) >= 11 is 5.52. The molecule has 86 valence electrons. The summed E-state index contributed by atoms with van der Waals surface area (Å²) in [7, 11) is 3.91. The second-order valence-corrected chi connectivity index (χ2v) is 4.90. The van der Waals surface area contributed by atoms with Crippen LogP contribution in [0.5, 0.6) is 0 Å². The molecule has 0 bridgehead atoms. The van der Waals surface area contributed by atoms with Gasteiger partial charge in [0.15, 0.2) is 0 Å². The van der Waals surface area contributed by atoms with Crippen LogP contribution in [-0.4, -0.2) is 37.3 Å². The van der Waals surface area contributed by atoms with Crippen LogP contribution >= 0.6 is 11.8 Å². The highest BCUT2D eigenvalue weighted by molar-refractivity contribution is 6.13. The molecule has 1 atom stereocenters. The molecular weight excluding hydrogens is 203 g/mol. The van der Waals surface area contributed by atoms with E-state index in [1.807, 2.05) is 32.8 Å². The molecule has 14 heavy (non-hydrogen) atoms. The van der Waals surface area contributed by atoms with Crippen molar-refractivity contribution < 1.29 is 4.39 Å². The summed E-state index contributed by atoms with van der Waals surface area (Å²) in [5.74, 6) is 0. The summed E-state index contributed by atoms with van der Waals surface area (Å²) in [6, 6.07) is 0. The van der Waals surface area contributed by atoms with Crippen molar-refractivity contribution in [2.75, 3.05) is 20.6 Å². The number of halogens is 2. The van der Waals surface area contributed by atoms with Gasteiger partial charge in [-0.05, 0) is 59.0 Å². The van der Waals surface area contributed by atoms with Gasteiger partial charge >= 0.3 is 0 Å². The second-order valence-electron chi connectivity index (χ2n) is 4.71. The van der Waals surface area contributed by atoms with Gasteiger partial charge in [0.2, 0.25) is 0 Å². The molecule has 0 aromatic carbocycles. The molecule has 0 heterocycles. The molecule has 1 unspecified atom stereocenters. The average molecular weight is 225 g/mol. The molecule has 1 N–H and O–H groups in total. The number of nitrogens with one attached hydrogen (secondary N) is 1. The van der Waals surface area contributed by atoms with Gasteiger partial charge in [0.25, 0.3) is 0 Å². The van der Waals surface area contributed by atoms with Crippen molar-refractivity contribution >= 4 is 11.8 Å². The SMILES string of the molecule is CN(C)CCC(F)CCC(C)(C)NCl. The molecule has 0 fully saturated rings. The Bertz CT molecular complexity index is 151. The van der Waals surface area contributed by atoms with Crippen LogP contribution in [0.4, 0.5) is 4.39 Å². The zero-order valence-corrected chi connectivity index (χ0v) is 10.4. The van der Waals surface area contributed by atoms with Crippen LogP contribution in [0.15, 0.2) is 0 Å². The Labute approximate surface area is 91.9 Å². The normalized spacial score (nSPS) is 14.8. The van der Waals surface area contributed by atoms with E-state index in [-0.39, 0.29) is 5.54 Å². The summed E-state index contributed by atoms with van der Waals surface area (Å²) in [5.41, 5.74) is -0.177. The molecule has 0 aliphatic rings. The highest BCUT2D eigenvalue weighted by Crippen LogP contribution is 2.16. The van der Waals surface area contributed by atoms with E-state index in [0.717, 1.165) is 13.0 Å². The number of hydrogen-bond donors (Lipinski definition) is 1. The first kappa shape index (κ1) is 14.1. The number of nitrogens with zero attached hydrogens (tertiary/aromatic N) is 1. The lowest BCUT2D eigenvalue weighted by Gasteiger charge is -2.23. The Morgan fingerprint density at radius 2 is 1.93 bits per heavy atom. The standard InChI is InChI=1S/C10H22ClFN2/c1-10(2,13-11)7-5-9(12)6-8-14(3)4/h9,13H,5-8H2,1-4H3. The zero-order chi connectivity index (χ0) is 11.2. The van der Waals surface area contributed by atoms with Crippen LogP contribution in [0, 0.1) is 0 Å². The highest BCUT2D eigenvalue weighted by atomic mass is 35.5. The summed E-state index contributed by atoms with van der Waals surface area (Å²) in [5, 5.41) is 0. The van der Waals surface area contributed by atoms with Crippen LogP contribution in [0.1, 0.15) is 33.1 Å². The van der Waals surface area contributed by atoms with Gasteiger partial charge in [-0.1, -0.05) is 0 Å². The first-order valence-electron chi connectivity index (χ1n) is 5.04. The second kappa shape index (κ2) is 6.59. The fraction of sp³-hybridized carbons (Fsp3) is 1.00. The van der Waals surface area contributed by atoms with Crippen molar-refractivity contribution in [1.82, 2.24) is 9.74 Å². The van der Waals surface area contributed by atoms with Gasteiger partial charge in [0.1, 0.15) is 6.17 Å². The molecule has 0 saturated carbocycles. The van der Waals surface area contributed by atoms with Crippen LogP contribution < -0.4 is 4.84 Å². The van der Waals surface area contributed by atoms with Crippen molar-refractivity contribution in [2.45, 2.75) is 44.8 Å². The van der Waals surface area contributed by atoms with Crippen molar-refractivity contribution in [1.29, 1.82) is 0 Å². The lowest BCUT2D eigenvalue weighted by Crippen LogP contribution is -2.33. The molecule has 0 amide bonds. The fourth-order valence-electron chi connectivity index (χ4n) is 1.11. The fourth-order valence-corrected chi connectivity index (χ4v) is 1.20. The smallest absolute Gasteiger partial charge is 0.101 e. The van der Waals surface area contributed by atoms with Crippen molar-refractivity contribution in [3.63, 3.8) is 0 Å². The van der Waals surface area contributed by atoms with Crippen molar-refractivity contribution in [3.05, 3.63) is 0 Å². The van der Waals surface area contributed by atoms with E-state index in [4.69, 9.17) is 11.8 Å². The summed E-state index contributed by atoms with van der Waals surface area (Å²) < 4.78 is 13.3. The zero-order valence-electron chi connectivity index (χ0n) is 9.61. The molecule has 0 saturated heterocycles. The maximum atomic E-state index is 13.3. The molecule has 0 spiro atoms. The van der Waals surface area contributed by atoms with E-state index in [0.29, 0.717) is 12.8 Å². The molecule has 0 rings (SSSR count). The lowest BCUT2D eigenvalue weighted by molar-refractivity contribution is 0.239. The first-order chi connectivity index (χ1) is 6.37. The van der Waals surface area contributed by atoms with E-state index in [2.05, 4.69) is 4.84 Å². The van der Waals surface area contributed by atoms with Crippen molar-refractivity contribution in [3.8, 4) is 0 Å². The Balaban J connectivity index is 3.58. The lowest BCUT2D eigenvalue weighted by atomic mass is 9.97. The Morgan fingerprint density at radius 1 is 1.36 bits per heavy atom. The van der Waals surface area contributed by atoms with Gasteiger partial charge in [-0.15, -0.1) is 0 Å². The Morgan fingerprint density at radius 3 is 2.36 bits per heavy atom. The van der Waals surface area contributed by atoms with E-state index in [1.165, 1.54) is 0 Å². The molecule has 0 aliphatic carbocycles. The predicted octanol–water partition coefficient (Wildman–Crippen LogP) is 2.58. The molecule has 2 nitrogen and oxygen atoms in total. The van der Waals surface area contributed by atoms with Gasteiger partial charge < -0.3 is 4.90 Å². The molecule has 0 radical (unpaired) electrons. The third kappa shape index (κ3) is 7.54. The summed E-state index contributed by atoms with van der Waals surface area (Å²) in [6.07, 6.45) is 1.21. The van der Waals surface area contributed by atoms with Crippen LogP contribution in [0.2, 0.25) is 0 Å². The molecule has 0 aromatic rings. The third-order valence-electron chi connectivity index (χ3n) is 2.23. The maximum absolute atomic E-state index is 13.3. The Hall–Kier alpha value is 0.140. The topological polar surface area (TPSA) is 15.3 Å². The van der Waals surface area contributed by atoms with Crippen LogP contribution in [0.3, 0.4) is 0 Å². The van der Waals surface area contributed by atoms with Crippen LogP contribution in [-0.2, 0) is 0 Å². The molecular formula is C10H22ClFN2. The van der Waals surface area contributed by atoms with Gasteiger partial charge in [-0.2, -0.15) is 0 Å². The number of hydrogen-bond acceptors (Lipinski definition) is 2. The van der Waals surface area contributed by atoms with Gasteiger partial charge in [0.05, 0.1) is 0 Å². The first-order valence-corrected chi connectivity index (χ1v) is 5.42. The van der Waals surface area contributed by atoms with E-state index < -0.39 is 6.17 Å². The number of alkyl halides is 1. The minimum atomic E-state index is -0.721.